The molecule has 6 heteroatoms. The number of nitrogens with two attached hydrogens (primary N) is 1. The van der Waals surface area contributed by atoms with E-state index in [2.05, 4.69) is 25.2 Å². The molecule has 4 unspecified atom stereocenters. The van der Waals surface area contributed by atoms with Gasteiger partial charge in [-0.25, -0.2) is 8.78 Å². The molecule has 1 aliphatic carbocycles. The number of aliphatic hydroxyl groups is 1. The third kappa shape index (κ3) is 6.10. The molecule has 30 heavy (non-hydrogen) atoms. The first kappa shape index (κ1) is 23.3. The van der Waals surface area contributed by atoms with Crippen molar-refractivity contribution in [1.82, 2.24) is 5.32 Å². The lowest BCUT2D eigenvalue weighted by Crippen LogP contribution is -2.47. The molecule has 4 N–H and O–H groups in total. The molecule has 1 aliphatic heterocycles. The number of ether oxygens (including phenoxy) is 1. The van der Waals surface area contributed by atoms with Gasteiger partial charge < -0.3 is 20.9 Å². The van der Waals surface area contributed by atoms with Crippen LogP contribution in [0.4, 0.5) is 8.78 Å². The number of rotatable bonds is 11. The van der Waals surface area contributed by atoms with Crippen molar-refractivity contribution in [2.75, 3.05) is 13.2 Å². The van der Waals surface area contributed by atoms with Crippen LogP contribution in [0.25, 0.3) is 0 Å². The number of hydrogen-bond acceptors (Lipinski definition) is 4. The SMILES string of the molecule is CC/C=C(\CC(C)C1CCCO1)C1(NCC(O)C(N)Cc2cc(F)cc(F)c2)CC1. The molecule has 0 aromatic heterocycles. The van der Waals surface area contributed by atoms with Crippen LogP contribution in [0.1, 0.15) is 57.9 Å². The number of allylic oxidation sites excluding steroid dienone is 1. The molecule has 4 atom stereocenters. The summed E-state index contributed by atoms with van der Waals surface area (Å²) in [6.45, 7) is 5.63. The first-order valence-corrected chi connectivity index (χ1v) is 11.3. The predicted molar refractivity (Wildman–Crippen MR) is 115 cm³/mol. The highest BCUT2D eigenvalue weighted by molar-refractivity contribution is 5.29. The second-order valence-electron chi connectivity index (χ2n) is 9.05. The van der Waals surface area contributed by atoms with E-state index < -0.39 is 23.8 Å². The fourth-order valence-electron chi connectivity index (χ4n) is 4.57. The lowest BCUT2D eigenvalue weighted by molar-refractivity contribution is 0.0685. The van der Waals surface area contributed by atoms with Crippen LogP contribution in [0.5, 0.6) is 0 Å². The zero-order valence-corrected chi connectivity index (χ0v) is 18.2. The number of β-amino-alcohol motifs (C(OH)–C–C–N with tert-alkyl or cyclic N) is 1. The van der Waals surface area contributed by atoms with Crippen LogP contribution in [-0.4, -0.2) is 42.0 Å². The number of nitrogens with one attached hydrogen (secondary N) is 1. The van der Waals surface area contributed by atoms with Crippen molar-refractivity contribution < 1.29 is 18.6 Å². The summed E-state index contributed by atoms with van der Waals surface area (Å²) in [4.78, 5) is 0. The Hall–Kier alpha value is -1.34. The van der Waals surface area contributed by atoms with Crippen molar-refractivity contribution >= 4 is 0 Å². The van der Waals surface area contributed by atoms with Gasteiger partial charge in [-0.15, -0.1) is 0 Å². The van der Waals surface area contributed by atoms with Crippen LogP contribution in [0.15, 0.2) is 29.8 Å². The minimum atomic E-state index is -0.799. The normalized spacial score (nSPS) is 23.9. The predicted octanol–water partition coefficient (Wildman–Crippen LogP) is 3.86. The van der Waals surface area contributed by atoms with Crippen LogP contribution in [-0.2, 0) is 11.2 Å². The molecule has 3 rings (SSSR count). The largest absolute Gasteiger partial charge is 0.390 e. The number of benzene rings is 1. The van der Waals surface area contributed by atoms with Gasteiger partial charge in [-0.05, 0) is 68.6 Å². The molecule has 1 saturated carbocycles. The molecule has 2 aliphatic rings. The maximum atomic E-state index is 13.4. The van der Waals surface area contributed by atoms with E-state index >= 15 is 0 Å². The van der Waals surface area contributed by atoms with Crippen LogP contribution < -0.4 is 11.1 Å². The molecular weight excluding hydrogens is 386 g/mol. The zero-order chi connectivity index (χ0) is 21.7. The highest BCUT2D eigenvalue weighted by Crippen LogP contribution is 2.45. The molecule has 1 aromatic carbocycles. The summed E-state index contributed by atoms with van der Waals surface area (Å²) in [6, 6.07) is 2.77. The number of hydrogen-bond donors (Lipinski definition) is 3. The van der Waals surface area contributed by atoms with Gasteiger partial charge in [0, 0.05) is 30.8 Å². The van der Waals surface area contributed by atoms with E-state index in [9.17, 15) is 13.9 Å². The van der Waals surface area contributed by atoms with E-state index in [1.165, 1.54) is 17.7 Å². The monoisotopic (exact) mass is 422 g/mol. The van der Waals surface area contributed by atoms with Gasteiger partial charge in [-0.3, -0.25) is 0 Å². The fourth-order valence-corrected chi connectivity index (χ4v) is 4.57. The van der Waals surface area contributed by atoms with Gasteiger partial charge in [0.25, 0.3) is 0 Å². The van der Waals surface area contributed by atoms with Gasteiger partial charge in [0.1, 0.15) is 11.6 Å². The Morgan fingerprint density at radius 2 is 2.03 bits per heavy atom. The van der Waals surface area contributed by atoms with E-state index in [1.54, 1.807) is 0 Å². The second-order valence-corrected chi connectivity index (χ2v) is 9.05. The molecule has 0 spiro atoms. The van der Waals surface area contributed by atoms with Crippen LogP contribution >= 0.6 is 0 Å². The van der Waals surface area contributed by atoms with Crippen molar-refractivity contribution in [3.05, 3.63) is 47.0 Å². The average Bonchev–Trinajstić information content (AvgIpc) is 3.27. The maximum absolute atomic E-state index is 13.4. The summed E-state index contributed by atoms with van der Waals surface area (Å²) in [5, 5.41) is 14.1. The minimum Gasteiger partial charge on any atom is -0.390 e. The summed E-state index contributed by atoms with van der Waals surface area (Å²) < 4.78 is 32.7. The van der Waals surface area contributed by atoms with Gasteiger partial charge in [-0.1, -0.05) is 25.5 Å². The summed E-state index contributed by atoms with van der Waals surface area (Å²) in [7, 11) is 0. The lowest BCUT2D eigenvalue weighted by Gasteiger charge is -2.28. The Kier molecular flexibility index (Phi) is 8.02. The summed E-state index contributed by atoms with van der Waals surface area (Å²) >= 11 is 0. The molecule has 1 saturated heterocycles. The minimum absolute atomic E-state index is 0.0610. The average molecular weight is 423 g/mol. The first-order valence-electron chi connectivity index (χ1n) is 11.3. The molecular formula is C24H36F2N2O2. The van der Waals surface area contributed by atoms with Crippen molar-refractivity contribution in [2.24, 2.45) is 11.7 Å². The highest BCUT2D eigenvalue weighted by atomic mass is 19.1. The van der Waals surface area contributed by atoms with E-state index in [0.29, 0.717) is 24.1 Å². The zero-order valence-electron chi connectivity index (χ0n) is 18.2. The molecule has 0 amide bonds. The molecule has 1 heterocycles. The lowest BCUT2D eigenvalue weighted by atomic mass is 9.88. The van der Waals surface area contributed by atoms with Gasteiger partial charge in [0.15, 0.2) is 0 Å². The second kappa shape index (κ2) is 10.3. The third-order valence-corrected chi connectivity index (χ3v) is 6.49. The van der Waals surface area contributed by atoms with Gasteiger partial charge >= 0.3 is 0 Å². The summed E-state index contributed by atoms with van der Waals surface area (Å²) in [5.41, 5.74) is 7.93. The van der Waals surface area contributed by atoms with Crippen LogP contribution in [0.3, 0.4) is 0 Å². The van der Waals surface area contributed by atoms with E-state index in [0.717, 1.165) is 51.2 Å². The number of aliphatic hydroxyl groups excluding tert-OH is 1. The Morgan fingerprint density at radius 1 is 1.33 bits per heavy atom. The molecule has 0 bridgehead atoms. The maximum Gasteiger partial charge on any atom is 0.126 e. The van der Waals surface area contributed by atoms with E-state index in [1.807, 2.05) is 0 Å². The van der Waals surface area contributed by atoms with E-state index in [4.69, 9.17) is 10.5 Å². The van der Waals surface area contributed by atoms with Crippen molar-refractivity contribution in [2.45, 2.75) is 82.6 Å². The van der Waals surface area contributed by atoms with Crippen molar-refractivity contribution in [1.29, 1.82) is 0 Å². The molecule has 4 nitrogen and oxygen atoms in total. The smallest absolute Gasteiger partial charge is 0.126 e. The Labute approximate surface area is 178 Å². The van der Waals surface area contributed by atoms with Crippen molar-refractivity contribution in [3.63, 3.8) is 0 Å². The fraction of sp³-hybridized carbons (Fsp3) is 0.667. The van der Waals surface area contributed by atoms with Crippen molar-refractivity contribution in [3.8, 4) is 0 Å². The highest BCUT2D eigenvalue weighted by Gasteiger charge is 2.46. The van der Waals surface area contributed by atoms with Crippen LogP contribution in [0.2, 0.25) is 0 Å². The van der Waals surface area contributed by atoms with Gasteiger partial charge in [-0.2, -0.15) is 0 Å². The Bertz CT molecular complexity index is 710. The molecule has 2 fully saturated rings. The quantitative estimate of drug-likeness (QED) is 0.474. The summed E-state index contributed by atoms with van der Waals surface area (Å²) in [6.07, 6.45) is 8.42. The number of halogens is 2. The third-order valence-electron chi connectivity index (χ3n) is 6.49. The summed E-state index contributed by atoms with van der Waals surface area (Å²) in [5.74, 6) is -0.785. The molecule has 168 valence electrons. The molecule has 1 aromatic rings. The Morgan fingerprint density at radius 3 is 2.60 bits per heavy atom. The standard InChI is InChI=1S/C24H36F2N2O2/c1-3-5-18(10-16(2)23-6-4-9-30-23)24(7-8-24)28-15-22(29)21(27)13-17-11-19(25)14-20(26)12-17/h5,11-12,14,16,21-23,28-29H,3-4,6-10,13,15,27H2,1-2H3/b18-5+. The topological polar surface area (TPSA) is 67.5 Å². The van der Waals surface area contributed by atoms with E-state index in [-0.39, 0.29) is 12.0 Å². The van der Waals surface area contributed by atoms with Gasteiger partial charge in [0.2, 0.25) is 0 Å². The Balaban J connectivity index is 1.55. The van der Waals surface area contributed by atoms with Gasteiger partial charge in [0.05, 0.1) is 12.2 Å². The van der Waals surface area contributed by atoms with Crippen LogP contribution in [0, 0.1) is 17.6 Å². The first-order chi connectivity index (χ1) is 14.3. The molecule has 0 radical (unpaired) electrons.